The molecule has 0 fully saturated rings. The Kier molecular flexibility index (Phi) is 3.93. The quantitative estimate of drug-likeness (QED) is 0.888. The second-order valence-corrected chi connectivity index (χ2v) is 4.44. The summed E-state index contributed by atoms with van der Waals surface area (Å²) >= 11 is 3.16. The number of rotatable bonds is 4. The molecule has 0 atom stereocenters. The highest BCUT2D eigenvalue weighted by molar-refractivity contribution is 9.10. The first-order chi connectivity index (χ1) is 8.66. The molecule has 0 aliphatic rings. The number of hydrogen-bond donors (Lipinski definition) is 2. The monoisotopic (exact) mass is 310 g/mol. The summed E-state index contributed by atoms with van der Waals surface area (Å²) in [5, 5.41) is 19.6. The molecule has 1 aromatic heterocycles. The van der Waals surface area contributed by atoms with Crippen molar-refractivity contribution < 1.29 is 9.90 Å². The van der Waals surface area contributed by atoms with Crippen molar-refractivity contribution in [3.8, 4) is 5.75 Å². The molecule has 94 valence electrons. The van der Waals surface area contributed by atoms with E-state index in [-0.39, 0.29) is 11.7 Å². The van der Waals surface area contributed by atoms with Gasteiger partial charge in [-0.2, -0.15) is 0 Å². The summed E-state index contributed by atoms with van der Waals surface area (Å²) in [6.45, 7) is 0.993. The van der Waals surface area contributed by atoms with E-state index in [1.165, 1.54) is 6.07 Å². The van der Waals surface area contributed by atoms with Crippen molar-refractivity contribution in [2.75, 3.05) is 6.54 Å². The Hall–Kier alpha value is -1.89. The maximum atomic E-state index is 11.8. The van der Waals surface area contributed by atoms with Crippen LogP contribution >= 0.6 is 15.9 Å². The van der Waals surface area contributed by atoms with Crippen molar-refractivity contribution >= 4 is 21.8 Å². The molecule has 2 aromatic rings. The van der Waals surface area contributed by atoms with E-state index in [0.29, 0.717) is 23.1 Å². The van der Waals surface area contributed by atoms with E-state index >= 15 is 0 Å². The number of nitrogens with zero attached hydrogens (tertiary/aromatic N) is 3. The summed E-state index contributed by atoms with van der Waals surface area (Å²) in [5.41, 5.74) is 0.411. The first kappa shape index (κ1) is 12.6. The number of phenols is 1. The van der Waals surface area contributed by atoms with Crippen LogP contribution in [0.15, 0.2) is 35.1 Å². The molecule has 18 heavy (non-hydrogen) atoms. The van der Waals surface area contributed by atoms with Crippen LogP contribution in [0.1, 0.15) is 10.4 Å². The fraction of sp³-hybridized carbons (Fsp3) is 0.182. The van der Waals surface area contributed by atoms with Gasteiger partial charge in [-0.1, -0.05) is 5.21 Å². The lowest BCUT2D eigenvalue weighted by atomic mass is 10.2. The molecule has 2 rings (SSSR count). The van der Waals surface area contributed by atoms with Crippen LogP contribution < -0.4 is 5.32 Å². The van der Waals surface area contributed by atoms with Crippen molar-refractivity contribution in [3.05, 3.63) is 40.6 Å². The van der Waals surface area contributed by atoms with Gasteiger partial charge in [0.15, 0.2) is 0 Å². The largest absolute Gasteiger partial charge is 0.507 e. The average Bonchev–Trinajstić information content (AvgIpc) is 2.85. The zero-order chi connectivity index (χ0) is 13.0. The summed E-state index contributed by atoms with van der Waals surface area (Å²) in [6, 6.07) is 4.67. The molecule has 0 unspecified atom stereocenters. The third kappa shape index (κ3) is 3.07. The van der Waals surface area contributed by atoms with E-state index in [0.717, 1.165) is 0 Å². The van der Waals surface area contributed by atoms with E-state index in [9.17, 15) is 9.90 Å². The van der Waals surface area contributed by atoms with Gasteiger partial charge in [0.25, 0.3) is 5.91 Å². The number of nitrogens with one attached hydrogen (secondary N) is 1. The van der Waals surface area contributed by atoms with Crippen molar-refractivity contribution in [3.63, 3.8) is 0 Å². The minimum atomic E-state index is -0.238. The minimum Gasteiger partial charge on any atom is -0.507 e. The number of carbonyl (C=O) groups is 1. The molecule has 1 amide bonds. The van der Waals surface area contributed by atoms with Crippen LogP contribution in [0.4, 0.5) is 0 Å². The van der Waals surface area contributed by atoms with Crippen LogP contribution in [-0.2, 0) is 6.54 Å². The fourth-order valence-corrected chi connectivity index (χ4v) is 1.64. The third-order valence-electron chi connectivity index (χ3n) is 2.31. The van der Waals surface area contributed by atoms with Crippen LogP contribution in [0.5, 0.6) is 5.75 Å². The summed E-state index contributed by atoms with van der Waals surface area (Å²) in [4.78, 5) is 11.8. The zero-order valence-electron chi connectivity index (χ0n) is 9.38. The minimum absolute atomic E-state index is 0.0407. The van der Waals surface area contributed by atoms with Crippen molar-refractivity contribution in [1.29, 1.82) is 0 Å². The van der Waals surface area contributed by atoms with E-state index in [4.69, 9.17) is 0 Å². The van der Waals surface area contributed by atoms with Gasteiger partial charge in [-0.3, -0.25) is 9.48 Å². The van der Waals surface area contributed by atoms with Gasteiger partial charge in [-0.15, -0.1) is 5.10 Å². The molecule has 6 nitrogen and oxygen atoms in total. The van der Waals surface area contributed by atoms with Crippen LogP contribution in [0.2, 0.25) is 0 Å². The summed E-state index contributed by atoms with van der Waals surface area (Å²) in [7, 11) is 0. The highest BCUT2D eigenvalue weighted by Gasteiger charge is 2.07. The Labute approximate surface area is 112 Å². The van der Waals surface area contributed by atoms with Gasteiger partial charge in [0.05, 0.1) is 17.2 Å². The van der Waals surface area contributed by atoms with Gasteiger partial charge in [0, 0.05) is 18.3 Å². The van der Waals surface area contributed by atoms with Crippen LogP contribution in [0, 0.1) is 0 Å². The average molecular weight is 311 g/mol. The summed E-state index contributed by atoms with van der Waals surface area (Å²) in [6.07, 6.45) is 3.30. The normalized spacial score (nSPS) is 10.3. The summed E-state index contributed by atoms with van der Waals surface area (Å²) in [5.74, 6) is -0.197. The van der Waals surface area contributed by atoms with Crippen LogP contribution in [0.3, 0.4) is 0 Å². The van der Waals surface area contributed by atoms with Gasteiger partial charge in [0.2, 0.25) is 0 Å². The number of hydrogen-bond acceptors (Lipinski definition) is 4. The van der Waals surface area contributed by atoms with Crippen LogP contribution in [-0.4, -0.2) is 32.6 Å². The fourth-order valence-electron chi connectivity index (χ4n) is 1.39. The van der Waals surface area contributed by atoms with E-state index < -0.39 is 0 Å². The van der Waals surface area contributed by atoms with E-state index in [1.807, 2.05) is 0 Å². The molecule has 0 radical (unpaired) electrons. The zero-order valence-corrected chi connectivity index (χ0v) is 11.0. The number of aromatic hydroxyl groups is 1. The lowest BCUT2D eigenvalue weighted by molar-refractivity contribution is 0.0951. The molecule has 1 aromatic carbocycles. The smallest absolute Gasteiger partial charge is 0.251 e. The lowest BCUT2D eigenvalue weighted by Gasteiger charge is -2.06. The Morgan fingerprint density at radius 1 is 1.50 bits per heavy atom. The number of amides is 1. The predicted octanol–water partition coefficient (Wildman–Crippen LogP) is 1.18. The Morgan fingerprint density at radius 2 is 2.33 bits per heavy atom. The Bertz CT molecular complexity index is 542. The summed E-state index contributed by atoms with van der Waals surface area (Å²) < 4.78 is 2.18. The molecule has 0 aliphatic carbocycles. The van der Waals surface area contributed by atoms with E-state index in [2.05, 4.69) is 31.6 Å². The third-order valence-corrected chi connectivity index (χ3v) is 2.98. The maximum Gasteiger partial charge on any atom is 0.251 e. The second kappa shape index (κ2) is 5.63. The molecule has 0 saturated carbocycles. The van der Waals surface area contributed by atoms with Gasteiger partial charge >= 0.3 is 0 Å². The number of aromatic nitrogens is 3. The molecule has 7 heteroatoms. The van der Waals surface area contributed by atoms with Crippen LogP contribution in [0.25, 0.3) is 0 Å². The van der Waals surface area contributed by atoms with Crippen molar-refractivity contribution in [2.45, 2.75) is 6.54 Å². The van der Waals surface area contributed by atoms with E-state index in [1.54, 1.807) is 29.2 Å². The second-order valence-electron chi connectivity index (χ2n) is 3.59. The van der Waals surface area contributed by atoms with Gasteiger partial charge in [-0.25, -0.2) is 0 Å². The molecule has 0 spiro atoms. The first-order valence-electron chi connectivity index (χ1n) is 5.27. The predicted molar refractivity (Wildman–Crippen MR) is 68.2 cm³/mol. The SMILES string of the molecule is O=C(NCCn1ccnn1)c1ccc(Br)c(O)c1. The van der Waals surface area contributed by atoms with Crippen molar-refractivity contribution in [1.82, 2.24) is 20.3 Å². The topological polar surface area (TPSA) is 80.0 Å². The molecular weight excluding hydrogens is 300 g/mol. The van der Waals surface area contributed by atoms with Crippen molar-refractivity contribution in [2.24, 2.45) is 0 Å². The highest BCUT2D eigenvalue weighted by atomic mass is 79.9. The molecule has 0 bridgehead atoms. The standard InChI is InChI=1S/C11H11BrN4O2/c12-9-2-1-8(7-10(9)17)11(18)13-3-5-16-6-4-14-15-16/h1-2,4,6-7,17H,3,5H2,(H,13,18). The van der Waals surface area contributed by atoms with Gasteiger partial charge in [-0.05, 0) is 34.1 Å². The molecule has 1 heterocycles. The van der Waals surface area contributed by atoms with Gasteiger partial charge < -0.3 is 10.4 Å². The molecule has 0 aliphatic heterocycles. The number of phenolic OH excluding ortho intramolecular Hbond substituents is 1. The first-order valence-corrected chi connectivity index (χ1v) is 6.07. The molecule has 0 saturated heterocycles. The number of halogens is 1. The maximum absolute atomic E-state index is 11.8. The highest BCUT2D eigenvalue weighted by Crippen LogP contribution is 2.24. The molecule has 2 N–H and O–H groups in total. The van der Waals surface area contributed by atoms with Gasteiger partial charge in [0.1, 0.15) is 5.75 Å². The Balaban J connectivity index is 1.89. The number of benzene rings is 1. The number of carbonyl (C=O) groups excluding carboxylic acids is 1. The molecular formula is C11H11BrN4O2. The Morgan fingerprint density at radius 3 is 3.00 bits per heavy atom. The lowest BCUT2D eigenvalue weighted by Crippen LogP contribution is -2.27.